The molecule has 3 rings (SSSR count). The fraction of sp³-hybridized carbons (Fsp3) is 0.600. The molecular formula is C15H20BrFN2. The maximum Gasteiger partial charge on any atom is 0.123 e. The highest BCUT2D eigenvalue weighted by Gasteiger charge is 2.49. The molecule has 1 N–H and O–H groups in total. The molecule has 2 atom stereocenters. The summed E-state index contributed by atoms with van der Waals surface area (Å²) in [5, 5.41) is 3.49. The van der Waals surface area contributed by atoms with Crippen LogP contribution in [0.15, 0.2) is 22.7 Å². The third kappa shape index (κ3) is 2.34. The predicted molar refractivity (Wildman–Crippen MR) is 78.4 cm³/mol. The molecule has 1 aromatic rings. The normalized spacial score (nSPS) is 29.7. The number of nitrogens with one attached hydrogen (secondary N) is 1. The van der Waals surface area contributed by atoms with Crippen molar-refractivity contribution >= 4 is 15.9 Å². The zero-order valence-corrected chi connectivity index (χ0v) is 13.0. The number of hydrogen-bond acceptors (Lipinski definition) is 2. The van der Waals surface area contributed by atoms with E-state index in [0.717, 1.165) is 42.1 Å². The summed E-state index contributed by atoms with van der Waals surface area (Å²) in [7, 11) is 0. The Kier molecular flexibility index (Phi) is 3.44. The first-order chi connectivity index (χ1) is 8.98. The third-order valence-corrected chi connectivity index (χ3v) is 5.66. The molecule has 2 aliphatic rings. The summed E-state index contributed by atoms with van der Waals surface area (Å²) in [4.78, 5) is 2.50. The van der Waals surface area contributed by atoms with Gasteiger partial charge in [0.1, 0.15) is 5.82 Å². The van der Waals surface area contributed by atoms with Crippen molar-refractivity contribution in [2.75, 3.05) is 19.6 Å². The second-order valence-electron chi connectivity index (χ2n) is 6.29. The van der Waals surface area contributed by atoms with Gasteiger partial charge >= 0.3 is 0 Å². The molecule has 2 saturated heterocycles. The van der Waals surface area contributed by atoms with Crippen molar-refractivity contribution in [3.8, 4) is 0 Å². The van der Waals surface area contributed by atoms with E-state index in [1.54, 1.807) is 12.1 Å². The fourth-order valence-electron chi connectivity index (χ4n) is 3.64. The number of halogens is 2. The zero-order valence-electron chi connectivity index (χ0n) is 11.4. The van der Waals surface area contributed by atoms with Crippen molar-refractivity contribution in [1.29, 1.82) is 0 Å². The molecule has 0 radical (unpaired) electrons. The maximum atomic E-state index is 13.4. The van der Waals surface area contributed by atoms with E-state index >= 15 is 0 Å². The van der Waals surface area contributed by atoms with Crippen LogP contribution in [-0.2, 0) is 6.54 Å². The number of fused-ring (bicyclic) bond motifs is 1. The van der Waals surface area contributed by atoms with Crippen molar-refractivity contribution in [1.82, 2.24) is 10.2 Å². The summed E-state index contributed by atoms with van der Waals surface area (Å²) in [6, 6.07) is 4.95. The first-order valence-electron chi connectivity index (χ1n) is 6.88. The monoisotopic (exact) mass is 326 g/mol. The van der Waals surface area contributed by atoms with E-state index in [9.17, 15) is 4.39 Å². The first-order valence-corrected chi connectivity index (χ1v) is 7.67. The minimum Gasteiger partial charge on any atom is -0.316 e. The van der Waals surface area contributed by atoms with Crippen LogP contribution in [0.2, 0.25) is 0 Å². The van der Waals surface area contributed by atoms with E-state index in [1.165, 1.54) is 6.07 Å². The quantitative estimate of drug-likeness (QED) is 0.898. The van der Waals surface area contributed by atoms with Crippen molar-refractivity contribution in [3.05, 3.63) is 34.1 Å². The standard InChI is InChI=1S/C15H20BrFN2/c1-15(2)13-7-18-6-11(13)9-19(15)8-10-5-12(17)3-4-14(10)16/h3-5,11,13,18H,6-9H2,1-2H3. The molecule has 4 heteroatoms. The molecule has 1 aromatic carbocycles. The summed E-state index contributed by atoms with van der Waals surface area (Å²) >= 11 is 3.53. The largest absolute Gasteiger partial charge is 0.316 e. The van der Waals surface area contributed by atoms with Gasteiger partial charge in [-0.1, -0.05) is 15.9 Å². The number of benzene rings is 1. The van der Waals surface area contributed by atoms with Crippen molar-refractivity contribution in [2.24, 2.45) is 11.8 Å². The smallest absolute Gasteiger partial charge is 0.123 e. The van der Waals surface area contributed by atoms with Gasteiger partial charge in [-0.15, -0.1) is 0 Å². The highest BCUT2D eigenvalue weighted by atomic mass is 79.9. The Morgan fingerprint density at radius 2 is 2.21 bits per heavy atom. The lowest BCUT2D eigenvalue weighted by atomic mass is 9.85. The van der Waals surface area contributed by atoms with E-state index in [-0.39, 0.29) is 11.4 Å². The van der Waals surface area contributed by atoms with Crippen LogP contribution in [-0.4, -0.2) is 30.1 Å². The van der Waals surface area contributed by atoms with Crippen molar-refractivity contribution in [2.45, 2.75) is 25.9 Å². The van der Waals surface area contributed by atoms with Gasteiger partial charge in [0.05, 0.1) is 0 Å². The molecular weight excluding hydrogens is 307 g/mol. The summed E-state index contributed by atoms with van der Waals surface area (Å²) in [5.74, 6) is 1.29. The first kappa shape index (κ1) is 13.5. The van der Waals surface area contributed by atoms with E-state index in [2.05, 4.69) is 40.0 Å². The zero-order chi connectivity index (χ0) is 13.6. The molecule has 2 nitrogen and oxygen atoms in total. The Labute approximate surface area is 122 Å². The molecule has 0 amide bonds. The maximum absolute atomic E-state index is 13.4. The average Bonchev–Trinajstić information content (AvgIpc) is 2.89. The van der Waals surface area contributed by atoms with Crippen LogP contribution in [0, 0.1) is 17.7 Å². The van der Waals surface area contributed by atoms with Gasteiger partial charge in [0.15, 0.2) is 0 Å². The Bertz CT molecular complexity index is 489. The number of likely N-dealkylation sites (tertiary alicyclic amines) is 1. The molecule has 2 fully saturated rings. The Morgan fingerprint density at radius 3 is 2.95 bits per heavy atom. The van der Waals surface area contributed by atoms with E-state index < -0.39 is 0 Å². The van der Waals surface area contributed by atoms with Crippen LogP contribution < -0.4 is 5.32 Å². The predicted octanol–water partition coefficient (Wildman–Crippen LogP) is 3.02. The van der Waals surface area contributed by atoms with Gasteiger partial charge in [0, 0.05) is 29.6 Å². The number of hydrogen-bond donors (Lipinski definition) is 1. The van der Waals surface area contributed by atoms with Crippen LogP contribution in [0.25, 0.3) is 0 Å². The highest BCUT2D eigenvalue weighted by Crippen LogP contribution is 2.41. The van der Waals surface area contributed by atoms with Crippen LogP contribution >= 0.6 is 15.9 Å². The lowest BCUT2D eigenvalue weighted by molar-refractivity contribution is 0.131. The van der Waals surface area contributed by atoms with Gasteiger partial charge in [-0.3, -0.25) is 4.90 Å². The highest BCUT2D eigenvalue weighted by molar-refractivity contribution is 9.10. The lowest BCUT2D eigenvalue weighted by Gasteiger charge is -2.36. The lowest BCUT2D eigenvalue weighted by Crippen LogP contribution is -2.43. The Morgan fingerprint density at radius 1 is 1.42 bits per heavy atom. The number of rotatable bonds is 2. The summed E-state index contributed by atoms with van der Waals surface area (Å²) in [5.41, 5.74) is 1.22. The molecule has 2 aliphatic heterocycles. The van der Waals surface area contributed by atoms with Gasteiger partial charge in [0.2, 0.25) is 0 Å². The molecule has 0 aliphatic carbocycles. The van der Waals surface area contributed by atoms with Crippen LogP contribution in [0.4, 0.5) is 4.39 Å². The Hall–Kier alpha value is -0.450. The van der Waals surface area contributed by atoms with Crippen molar-refractivity contribution < 1.29 is 4.39 Å². The molecule has 0 saturated carbocycles. The molecule has 0 spiro atoms. The fourth-order valence-corrected chi connectivity index (χ4v) is 4.01. The molecule has 104 valence electrons. The summed E-state index contributed by atoms with van der Waals surface area (Å²) in [6.45, 7) is 8.79. The topological polar surface area (TPSA) is 15.3 Å². The molecule has 2 unspecified atom stereocenters. The minimum absolute atomic E-state index is 0.155. The molecule has 19 heavy (non-hydrogen) atoms. The molecule has 0 aromatic heterocycles. The van der Waals surface area contributed by atoms with Crippen LogP contribution in [0.5, 0.6) is 0 Å². The average molecular weight is 327 g/mol. The summed E-state index contributed by atoms with van der Waals surface area (Å²) < 4.78 is 14.4. The second kappa shape index (κ2) is 4.83. The number of nitrogens with zero attached hydrogens (tertiary/aromatic N) is 1. The van der Waals surface area contributed by atoms with Gasteiger partial charge in [-0.2, -0.15) is 0 Å². The second-order valence-corrected chi connectivity index (χ2v) is 7.15. The third-order valence-electron chi connectivity index (χ3n) is 4.89. The van der Waals surface area contributed by atoms with Crippen LogP contribution in [0.1, 0.15) is 19.4 Å². The van der Waals surface area contributed by atoms with Crippen LogP contribution in [0.3, 0.4) is 0 Å². The minimum atomic E-state index is -0.155. The van der Waals surface area contributed by atoms with E-state index in [1.807, 2.05) is 0 Å². The van der Waals surface area contributed by atoms with Gasteiger partial charge in [-0.05, 0) is 56.0 Å². The SMILES string of the molecule is CC1(C)C2CNCC2CN1Cc1cc(F)ccc1Br. The summed E-state index contributed by atoms with van der Waals surface area (Å²) in [6.07, 6.45) is 0. The Balaban J connectivity index is 1.82. The van der Waals surface area contributed by atoms with E-state index in [4.69, 9.17) is 0 Å². The van der Waals surface area contributed by atoms with Gasteiger partial charge in [0.25, 0.3) is 0 Å². The van der Waals surface area contributed by atoms with Gasteiger partial charge in [-0.25, -0.2) is 4.39 Å². The molecule has 0 bridgehead atoms. The molecule has 2 heterocycles. The van der Waals surface area contributed by atoms with Crippen molar-refractivity contribution in [3.63, 3.8) is 0 Å². The van der Waals surface area contributed by atoms with E-state index in [0.29, 0.717) is 5.92 Å². The van der Waals surface area contributed by atoms with Gasteiger partial charge < -0.3 is 5.32 Å².